The van der Waals surface area contributed by atoms with Crippen LogP contribution in [0.4, 0.5) is 0 Å². The summed E-state index contributed by atoms with van der Waals surface area (Å²) < 4.78 is 5.43. The highest BCUT2D eigenvalue weighted by molar-refractivity contribution is 5.76. The lowest BCUT2D eigenvalue weighted by Crippen LogP contribution is -2.45. The molecule has 6 nitrogen and oxygen atoms in total. The average Bonchev–Trinajstić information content (AvgIpc) is 3.31. The molecule has 65 heavy (non-hydrogen) atoms. The van der Waals surface area contributed by atoms with Crippen molar-refractivity contribution in [2.75, 3.05) is 13.2 Å². The number of ether oxygens (including phenoxy) is 1. The summed E-state index contributed by atoms with van der Waals surface area (Å²) in [7, 11) is 0. The van der Waals surface area contributed by atoms with E-state index in [9.17, 15) is 19.8 Å². The molecule has 0 radical (unpaired) electrons. The van der Waals surface area contributed by atoms with E-state index >= 15 is 0 Å². The minimum absolute atomic E-state index is 0.0331. The smallest absolute Gasteiger partial charge is 0.305 e. The van der Waals surface area contributed by atoms with Gasteiger partial charge in [-0.05, 0) is 77.0 Å². The van der Waals surface area contributed by atoms with Crippen LogP contribution in [0.1, 0.15) is 316 Å². The standard InChI is InChI=1S/C59H113NO5/c1-3-5-7-9-11-13-15-16-17-18-19-20-21-22-23-24-25-26-27-28-32-35-39-43-47-51-57(62)56(55-61)60-58(63)52-48-44-40-36-33-29-30-34-38-42-46-50-54-65-59(64)53-49-45-41-37-31-14-12-10-8-6-4-2/h10,12,30,34,56-57,61-62H,3-9,11,13-29,31-33,35-55H2,1-2H3,(H,60,63)/b12-10-,34-30-. The first-order valence-corrected chi connectivity index (χ1v) is 29.1. The van der Waals surface area contributed by atoms with Crippen molar-refractivity contribution in [3.05, 3.63) is 24.3 Å². The monoisotopic (exact) mass is 916 g/mol. The molecule has 0 rings (SSSR count). The summed E-state index contributed by atoms with van der Waals surface area (Å²) in [4.78, 5) is 24.5. The van der Waals surface area contributed by atoms with Crippen molar-refractivity contribution in [1.82, 2.24) is 5.32 Å². The predicted octanol–water partition coefficient (Wildman–Crippen LogP) is 17.9. The number of carbonyl (C=O) groups excluding carboxylic acids is 2. The molecule has 384 valence electrons. The van der Waals surface area contributed by atoms with E-state index in [-0.39, 0.29) is 18.5 Å². The van der Waals surface area contributed by atoms with E-state index in [4.69, 9.17) is 4.74 Å². The Morgan fingerprint density at radius 3 is 1.14 bits per heavy atom. The third-order valence-corrected chi connectivity index (χ3v) is 13.5. The molecule has 0 aliphatic carbocycles. The van der Waals surface area contributed by atoms with Crippen LogP contribution < -0.4 is 5.32 Å². The van der Waals surface area contributed by atoms with Gasteiger partial charge in [-0.1, -0.05) is 250 Å². The zero-order valence-corrected chi connectivity index (χ0v) is 43.7. The summed E-state index contributed by atoms with van der Waals surface area (Å²) >= 11 is 0. The van der Waals surface area contributed by atoms with Crippen LogP contribution in [0.3, 0.4) is 0 Å². The van der Waals surface area contributed by atoms with Gasteiger partial charge in [-0.3, -0.25) is 9.59 Å². The molecule has 0 heterocycles. The fourth-order valence-electron chi connectivity index (χ4n) is 8.97. The maximum Gasteiger partial charge on any atom is 0.305 e. The molecule has 0 fully saturated rings. The highest BCUT2D eigenvalue weighted by Gasteiger charge is 2.20. The Bertz CT molecular complexity index is 1010. The molecule has 6 heteroatoms. The largest absolute Gasteiger partial charge is 0.466 e. The van der Waals surface area contributed by atoms with E-state index in [0.717, 1.165) is 77.0 Å². The van der Waals surface area contributed by atoms with Crippen LogP contribution in [-0.2, 0) is 14.3 Å². The molecule has 0 aliphatic rings. The van der Waals surface area contributed by atoms with Crippen molar-refractivity contribution in [2.45, 2.75) is 328 Å². The number of aliphatic hydroxyl groups excluding tert-OH is 2. The Labute approximate surface area is 405 Å². The van der Waals surface area contributed by atoms with Crippen LogP contribution in [-0.4, -0.2) is 47.4 Å². The van der Waals surface area contributed by atoms with Crippen LogP contribution in [0, 0.1) is 0 Å². The Kier molecular flexibility index (Phi) is 53.5. The fraction of sp³-hybridized carbons (Fsp3) is 0.898. The second-order valence-electron chi connectivity index (χ2n) is 20.0. The van der Waals surface area contributed by atoms with Crippen molar-refractivity contribution < 1.29 is 24.5 Å². The van der Waals surface area contributed by atoms with Gasteiger partial charge < -0.3 is 20.3 Å². The van der Waals surface area contributed by atoms with E-state index in [1.54, 1.807) is 0 Å². The zero-order valence-electron chi connectivity index (χ0n) is 43.7. The highest BCUT2D eigenvalue weighted by Crippen LogP contribution is 2.17. The van der Waals surface area contributed by atoms with Crippen molar-refractivity contribution in [2.24, 2.45) is 0 Å². The minimum atomic E-state index is -0.682. The van der Waals surface area contributed by atoms with E-state index in [0.29, 0.717) is 25.9 Å². The number of rotatable bonds is 54. The lowest BCUT2D eigenvalue weighted by atomic mass is 10.0. The van der Waals surface area contributed by atoms with Gasteiger partial charge in [-0.15, -0.1) is 0 Å². The van der Waals surface area contributed by atoms with E-state index in [1.807, 2.05) is 0 Å². The van der Waals surface area contributed by atoms with Gasteiger partial charge >= 0.3 is 5.97 Å². The van der Waals surface area contributed by atoms with Crippen LogP contribution in [0.2, 0.25) is 0 Å². The normalized spacial score (nSPS) is 12.7. The minimum Gasteiger partial charge on any atom is -0.466 e. The number of amides is 1. The molecule has 0 aromatic rings. The number of aliphatic hydroxyl groups is 2. The molecule has 0 spiro atoms. The number of esters is 1. The number of allylic oxidation sites excluding steroid dienone is 4. The molecule has 0 saturated carbocycles. The number of unbranched alkanes of at least 4 members (excludes halogenated alkanes) is 39. The van der Waals surface area contributed by atoms with Crippen molar-refractivity contribution in [3.8, 4) is 0 Å². The van der Waals surface area contributed by atoms with Crippen LogP contribution in [0.15, 0.2) is 24.3 Å². The van der Waals surface area contributed by atoms with Crippen LogP contribution in [0.25, 0.3) is 0 Å². The van der Waals surface area contributed by atoms with Crippen molar-refractivity contribution in [1.29, 1.82) is 0 Å². The van der Waals surface area contributed by atoms with Gasteiger partial charge in [-0.2, -0.15) is 0 Å². The maximum absolute atomic E-state index is 12.5. The van der Waals surface area contributed by atoms with E-state index in [2.05, 4.69) is 43.5 Å². The van der Waals surface area contributed by atoms with Gasteiger partial charge in [0.05, 0.1) is 25.4 Å². The topological polar surface area (TPSA) is 95.9 Å². The molecule has 0 bridgehead atoms. The summed E-state index contributed by atoms with van der Waals surface area (Å²) in [6, 6.07) is -0.561. The molecular formula is C59H113NO5. The van der Waals surface area contributed by atoms with Crippen LogP contribution >= 0.6 is 0 Å². The van der Waals surface area contributed by atoms with Gasteiger partial charge in [0.2, 0.25) is 5.91 Å². The summed E-state index contributed by atoms with van der Waals surface area (Å²) in [6.45, 7) is 4.87. The summed E-state index contributed by atoms with van der Waals surface area (Å²) in [5.41, 5.74) is 0. The quantitative estimate of drug-likeness (QED) is 0.0321. The van der Waals surface area contributed by atoms with Gasteiger partial charge in [0, 0.05) is 12.8 Å². The summed E-state index contributed by atoms with van der Waals surface area (Å²) in [5, 5.41) is 23.3. The van der Waals surface area contributed by atoms with Gasteiger partial charge in [0.1, 0.15) is 0 Å². The van der Waals surface area contributed by atoms with E-state index in [1.165, 1.54) is 205 Å². The molecule has 0 aliphatic heterocycles. The number of hydrogen-bond donors (Lipinski definition) is 3. The molecule has 0 aromatic carbocycles. The lowest BCUT2D eigenvalue weighted by molar-refractivity contribution is -0.143. The highest BCUT2D eigenvalue weighted by atomic mass is 16.5. The van der Waals surface area contributed by atoms with Crippen molar-refractivity contribution in [3.63, 3.8) is 0 Å². The molecule has 0 saturated heterocycles. The third kappa shape index (κ3) is 51.6. The first-order chi connectivity index (χ1) is 32.0. The molecule has 0 aromatic heterocycles. The Morgan fingerprint density at radius 2 is 0.738 bits per heavy atom. The van der Waals surface area contributed by atoms with E-state index < -0.39 is 12.1 Å². The molecule has 3 N–H and O–H groups in total. The first kappa shape index (κ1) is 63.3. The lowest BCUT2D eigenvalue weighted by Gasteiger charge is -2.22. The number of hydrogen-bond acceptors (Lipinski definition) is 5. The number of nitrogens with one attached hydrogen (secondary N) is 1. The second kappa shape index (κ2) is 54.9. The Balaban J connectivity index is 3.49. The molecular weight excluding hydrogens is 803 g/mol. The average molecular weight is 917 g/mol. The number of carbonyl (C=O) groups is 2. The van der Waals surface area contributed by atoms with Gasteiger partial charge in [0.15, 0.2) is 0 Å². The van der Waals surface area contributed by atoms with Gasteiger partial charge in [0.25, 0.3) is 0 Å². The summed E-state index contributed by atoms with van der Waals surface area (Å²) in [5.74, 6) is -0.0915. The van der Waals surface area contributed by atoms with Crippen molar-refractivity contribution >= 4 is 11.9 Å². The first-order valence-electron chi connectivity index (χ1n) is 29.1. The molecule has 2 atom stereocenters. The molecule has 1 amide bonds. The SMILES string of the molecule is CCCC/C=C\CCCCCCCC(=O)OCCCCC/C=C\CCCCCCCC(=O)NC(CO)C(O)CCCCCCCCCCCCCCCCCCCCCCCCCCC. The Morgan fingerprint density at radius 1 is 0.415 bits per heavy atom. The third-order valence-electron chi connectivity index (χ3n) is 13.5. The fourth-order valence-corrected chi connectivity index (χ4v) is 8.97. The molecule has 2 unspecified atom stereocenters. The Hall–Kier alpha value is -1.66. The predicted molar refractivity (Wildman–Crippen MR) is 283 cm³/mol. The second-order valence-corrected chi connectivity index (χ2v) is 20.0. The van der Waals surface area contributed by atoms with Crippen LogP contribution in [0.5, 0.6) is 0 Å². The zero-order chi connectivity index (χ0) is 47.2. The van der Waals surface area contributed by atoms with Gasteiger partial charge in [-0.25, -0.2) is 0 Å². The summed E-state index contributed by atoms with van der Waals surface area (Å²) in [6.07, 6.45) is 66.0. The maximum atomic E-state index is 12.5.